The normalized spacial score (nSPS) is 15.0. The summed E-state index contributed by atoms with van der Waals surface area (Å²) in [5.41, 5.74) is -1.07. The van der Waals surface area contributed by atoms with E-state index in [0.717, 1.165) is 18.2 Å². The van der Waals surface area contributed by atoms with Crippen LogP contribution in [0.3, 0.4) is 0 Å². The molecule has 0 nitrogen and oxygen atoms in total. The summed E-state index contributed by atoms with van der Waals surface area (Å²) >= 11 is 5.78. The highest BCUT2D eigenvalue weighted by atomic mass is 35.5. The number of rotatable bonds is 2. The van der Waals surface area contributed by atoms with Crippen LogP contribution in [0.4, 0.5) is 17.6 Å². The second-order valence-electron chi connectivity index (χ2n) is 4.02. The van der Waals surface area contributed by atoms with Crippen molar-refractivity contribution in [2.75, 3.05) is 0 Å². The summed E-state index contributed by atoms with van der Waals surface area (Å²) in [5, 5.41) is -2.48. The maximum Gasteiger partial charge on any atom is 0.416 e. The minimum absolute atomic E-state index is 0.0935. The summed E-state index contributed by atoms with van der Waals surface area (Å²) in [5.74, 6) is 0. The standard InChI is InChI=1S/C14H9ClF4/c15-13(16,10-5-2-1-3-6-10)11-7-4-8-12(9-11)14(17,18)19/h1-9H. The Labute approximate surface area is 112 Å². The van der Waals surface area contributed by atoms with Crippen LogP contribution >= 0.6 is 11.6 Å². The highest BCUT2D eigenvalue weighted by Gasteiger charge is 2.35. The molecule has 1 atom stereocenters. The van der Waals surface area contributed by atoms with Crippen molar-refractivity contribution in [3.05, 3.63) is 71.3 Å². The molecule has 2 aromatic rings. The molecular formula is C14H9ClF4. The van der Waals surface area contributed by atoms with Crippen molar-refractivity contribution in [2.24, 2.45) is 0 Å². The van der Waals surface area contributed by atoms with E-state index in [-0.39, 0.29) is 11.1 Å². The molecule has 2 aromatic carbocycles. The highest BCUT2D eigenvalue weighted by Crippen LogP contribution is 2.40. The molecule has 0 aliphatic carbocycles. The molecule has 0 aliphatic heterocycles. The molecule has 0 saturated carbocycles. The first-order chi connectivity index (χ1) is 8.82. The monoisotopic (exact) mass is 288 g/mol. The van der Waals surface area contributed by atoms with Crippen molar-refractivity contribution in [1.82, 2.24) is 0 Å². The van der Waals surface area contributed by atoms with Crippen LogP contribution in [0.2, 0.25) is 0 Å². The zero-order chi connectivity index (χ0) is 14.1. The van der Waals surface area contributed by atoms with Gasteiger partial charge in [0.05, 0.1) is 5.56 Å². The predicted molar refractivity (Wildman–Crippen MR) is 65.6 cm³/mol. The summed E-state index contributed by atoms with van der Waals surface area (Å²) in [7, 11) is 0. The fourth-order valence-corrected chi connectivity index (χ4v) is 1.95. The molecule has 0 N–H and O–H groups in total. The summed E-state index contributed by atoms with van der Waals surface area (Å²) in [6.45, 7) is 0. The van der Waals surface area contributed by atoms with E-state index in [1.807, 2.05) is 0 Å². The SMILES string of the molecule is FC(F)(F)c1cccc(C(F)(Cl)c2ccccc2)c1. The molecule has 0 amide bonds. The Balaban J connectivity index is 2.47. The summed E-state index contributed by atoms with van der Waals surface area (Å²) in [4.78, 5) is 0. The Hall–Kier alpha value is -1.55. The van der Waals surface area contributed by atoms with E-state index in [1.165, 1.54) is 18.2 Å². The molecule has 0 heterocycles. The average molecular weight is 289 g/mol. The molecule has 2 rings (SSSR count). The topological polar surface area (TPSA) is 0 Å². The van der Waals surface area contributed by atoms with Gasteiger partial charge < -0.3 is 0 Å². The average Bonchev–Trinajstić information content (AvgIpc) is 2.39. The second kappa shape index (κ2) is 4.85. The Kier molecular flexibility index (Phi) is 3.54. The summed E-state index contributed by atoms with van der Waals surface area (Å²) in [6.07, 6.45) is -4.53. The van der Waals surface area contributed by atoms with Crippen LogP contribution in [0.5, 0.6) is 0 Å². The zero-order valence-corrected chi connectivity index (χ0v) is 10.3. The first kappa shape index (κ1) is 13.9. The highest BCUT2D eigenvalue weighted by molar-refractivity contribution is 6.24. The fraction of sp³-hybridized carbons (Fsp3) is 0.143. The maximum atomic E-state index is 14.5. The van der Waals surface area contributed by atoms with Gasteiger partial charge in [-0.3, -0.25) is 0 Å². The third kappa shape index (κ3) is 2.89. The van der Waals surface area contributed by atoms with E-state index < -0.39 is 16.9 Å². The molecule has 1 unspecified atom stereocenters. The predicted octanol–water partition coefficient (Wildman–Crippen LogP) is 5.11. The van der Waals surface area contributed by atoms with Crippen LogP contribution in [0, 0.1) is 0 Å². The lowest BCUT2D eigenvalue weighted by Gasteiger charge is -2.20. The number of alkyl halides is 5. The first-order valence-electron chi connectivity index (χ1n) is 5.43. The third-order valence-electron chi connectivity index (χ3n) is 2.69. The Morgan fingerprint density at radius 3 is 1.79 bits per heavy atom. The number of benzene rings is 2. The molecular weight excluding hydrogens is 280 g/mol. The fourth-order valence-electron chi connectivity index (χ4n) is 1.70. The smallest absolute Gasteiger partial charge is 0.216 e. The largest absolute Gasteiger partial charge is 0.416 e. The van der Waals surface area contributed by atoms with Crippen LogP contribution in [0.25, 0.3) is 0 Å². The second-order valence-corrected chi connectivity index (χ2v) is 4.54. The van der Waals surface area contributed by atoms with Crippen LogP contribution in [-0.4, -0.2) is 0 Å². The number of hydrogen-bond donors (Lipinski definition) is 0. The Bertz CT molecular complexity index is 561. The maximum absolute atomic E-state index is 14.5. The molecule has 0 spiro atoms. The molecule has 0 saturated heterocycles. The van der Waals surface area contributed by atoms with E-state index in [9.17, 15) is 17.6 Å². The first-order valence-corrected chi connectivity index (χ1v) is 5.80. The van der Waals surface area contributed by atoms with Gasteiger partial charge in [-0.05, 0) is 12.1 Å². The molecule has 0 aromatic heterocycles. The van der Waals surface area contributed by atoms with Gasteiger partial charge in [-0.2, -0.15) is 13.2 Å². The molecule has 0 bridgehead atoms. The molecule has 100 valence electrons. The Morgan fingerprint density at radius 2 is 1.21 bits per heavy atom. The lowest BCUT2D eigenvalue weighted by atomic mass is 10.00. The lowest BCUT2D eigenvalue weighted by Crippen LogP contribution is -2.15. The van der Waals surface area contributed by atoms with Gasteiger partial charge in [0.15, 0.2) is 0 Å². The lowest BCUT2D eigenvalue weighted by molar-refractivity contribution is -0.137. The van der Waals surface area contributed by atoms with Crippen molar-refractivity contribution in [1.29, 1.82) is 0 Å². The quantitative estimate of drug-likeness (QED) is 0.532. The van der Waals surface area contributed by atoms with E-state index in [0.29, 0.717) is 0 Å². The van der Waals surface area contributed by atoms with Gasteiger partial charge in [-0.1, -0.05) is 54.1 Å². The van der Waals surface area contributed by atoms with Gasteiger partial charge in [0.2, 0.25) is 5.13 Å². The van der Waals surface area contributed by atoms with Gasteiger partial charge in [0, 0.05) is 11.1 Å². The van der Waals surface area contributed by atoms with Crippen molar-refractivity contribution < 1.29 is 17.6 Å². The number of halogens is 5. The molecule has 0 radical (unpaired) electrons. The van der Waals surface area contributed by atoms with Crippen LogP contribution in [-0.2, 0) is 11.3 Å². The summed E-state index contributed by atoms with van der Waals surface area (Å²) in [6, 6.07) is 11.6. The van der Waals surface area contributed by atoms with Crippen LogP contribution in [0.15, 0.2) is 54.6 Å². The van der Waals surface area contributed by atoms with E-state index in [4.69, 9.17) is 11.6 Å². The van der Waals surface area contributed by atoms with Gasteiger partial charge >= 0.3 is 6.18 Å². The van der Waals surface area contributed by atoms with Crippen molar-refractivity contribution in [3.8, 4) is 0 Å². The molecule has 5 heteroatoms. The van der Waals surface area contributed by atoms with Crippen molar-refractivity contribution >= 4 is 11.6 Å². The van der Waals surface area contributed by atoms with Gasteiger partial charge in [-0.15, -0.1) is 0 Å². The van der Waals surface area contributed by atoms with E-state index in [2.05, 4.69) is 0 Å². The zero-order valence-electron chi connectivity index (χ0n) is 9.59. The molecule has 19 heavy (non-hydrogen) atoms. The van der Waals surface area contributed by atoms with E-state index in [1.54, 1.807) is 18.2 Å². The third-order valence-corrected chi connectivity index (χ3v) is 3.13. The molecule has 0 fully saturated rings. The minimum Gasteiger partial charge on any atom is -0.216 e. The minimum atomic E-state index is -4.53. The van der Waals surface area contributed by atoms with Crippen molar-refractivity contribution in [3.63, 3.8) is 0 Å². The van der Waals surface area contributed by atoms with Crippen molar-refractivity contribution in [2.45, 2.75) is 11.3 Å². The van der Waals surface area contributed by atoms with Gasteiger partial charge in [0.25, 0.3) is 0 Å². The van der Waals surface area contributed by atoms with Gasteiger partial charge in [-0.25, -0.2) is 4.39 Å². The Morgan fingerprint density at radius 1 is 0.684 bits per heavy atom. The summed E-state index contributed by atoms with van der Waals surface area (Å²) < 4.78 is 52.3. The number of hydrogen-bond acceptors (Lipinski definition) is 0. The van der Waals surface area contributed by atoms with Crippen LogP contribution in [0.1, 0.15) is 16.7 Å². The van der Waals surface area contributed by atoms with E-state index >= 15 is 0 Å². The molecule has 0 aliphatic rings. The van der Waals surface area contributed by atoms with Crippen LogP contribution < -0.4 is 0 Å². The van der Waals surface area contributed by atoms with Gasteiger partial charge in [0.1, 0.15) is 0 Å².